The summed E-state index contributed by atoms with van der Waals surface area (Å²) in [4.78, 5) is 14.3. The Bertz CT molecular complexity index is 569. The predicted molar refractivity (Wildman–Crippen MR) is 83.7 cm³/mol. The maximum absolute atomic E-state index is 11.9. The van der Waals surface area contributed by atoms with Crippen LogP contribution in [0.3, 0.4) is 0 Å². The molecule has 0 bridgehead atoms. The highest BCUT2D eigenvalue weighted by molar-refractivity contribution is 5.31. The van der Waals surface area contributed by atoms with Gasteiger partial charge in [0.25, 0.3) is 0 Å². The quantitative estimate of drug-likeness (QED) is 0.927. The van der Waals surface area contributed by atoms with Gasteiger partial charge in [0.05, 0.1) is 5.69 Å². The molecule has 0 atom stereocenters. The van der Waals surface area contributed by atoms with Crippen LogP contribution >= 0.6 is 0 Å². The summed E-state index contributed by atoms with van der Waals surface area (Å²) in [6.07, 6.45) is 8.71. The van der Waals surface area contributed by atoms with Crippen LogP contribution < -0.4 is 5.43 Å². The van der Waals surface area contributed by atoms with Crippen molar-refractivity contribution in [3.8, 4) is 5.75 Å². The molecule has 2 fully saturated rings. The van der Waals surface area contributed by atoms with Gasteiger partial charge >= 0.3 is 0 Å². The van der Waals surface area contributed by atoms with Crippen LogP contribution in [-0.2, 0) is 6.54 Å². The summed E-state index contributed by atoms with van der Waals surface area (Å²) < 4.78 is 2.19. The van der Waals surface area contributed by atoms with Crippen molar-refractivity contribution in [2.24, 2.45) is 0 Å². The maximum Gasteiger partial charge on any atom is 0.223 e. The normalized spacial score (nSPS) is 20.1. The van der Waals surface area contributed by atoms with Crippen molar-refractivity contribution >= 4 is 0 Å². The molecule has 4 heteroatoms. The number of aromatic hydroxyl groups is 1. The predicted octanol–water partition coefficient (Wildman–Crippen LogP) is 2.96. The second-order valence-electron chi connectivity index (χ2n) is 6.75. The summed E-state index contributed by atoms with van der Waals surface area (Å²) in [7, 11) is 2.12. The summed E-state index contributed by atoms with van der Waals surface area (Å²) in [5.41, 5.74) is 1.55. The molecular formula is C17H26N2O2. The average molecular weight is 290 g/mol. The number of rotatable bonds is 4. The minimum Gasteiger partial charge on any atom is -0.503 e. The minimum atomic E-state index is -0.239. The molecule has 1 N–H and O–H groups in total. The van der Waals surface area contributed by atoms with Gasteiger partial charge in [0.1, 0.15) is 0 Å². The molecule has 4 nitrogen and oxygen atoms in total. The Kier molecular flexibility index (Phi) is 4.07. The van der Waals surface area contributed by atoms with E-state index in [0.29, 0.717) is 18.6 Å². The molecule has 1 aromatic rings. The van der Waals surface area contributed by atoms with E-state index < -0.39 is 0 Å². The zero-order valence-electron chi connectivity index (χ0n) is 13.1. The van der Waals surface area contributed by atoms with Crippen molar-refractivity contribution in [1.82, 2.24) is 9.47 Å². The first-order valence-electron chi connectivity index (χ1n) is 8.22. The minimum absolute atomic E-state index is 0.0461. The summed E-state index contributed by atoms with van der Waals surface area (Å²) in [5.74, 6) is -0.0461. The Labute approximate surface area is 126 Å². The maximum atomic E-state index is 11.9. The summed E-state index contributed by atoms with van der Waals surface area (Å²) in [5, 5.41) is 10.3. The number of nitrogens with zero attached hydrogens (tertiary/aromatic N) is 2. The Morgan fingerprint density at radius 2 is 1.90 bits per heavy atom. The number of pyridine rings is 1. The van der Waals surface area contributed by atoms with E-state index in [-0.39, 0.29) is 11.2 Å². The topological polar surface area (TPSA) is 45.5 Å². The third kappa shape index (κ3) is 3.00. The smallest absolute Gasteiger partial charge is 0.223 e. The second-order valence-corrected chi connectivity index (χ2v) is 6.75. The van der Waals surface area contributed by atoms with Gasteiger partial charge in [0, 0.05) is 30.4 Å². The van der Waals surface area contributed by atoms with Crippen LogP contribution in [0.25, 0.3) is 0 Å². The largest absolute Gasteiger partial charge is 0.503 e. The highest BCUT2D eigenvalue weighted by atomic mass is 16.3. The lowest BCUT2D eigenvalue weighted by atomic mass is 9.94. The molecule has 0 amide bonds. The van der Waals surface area contributed by atoms with E-state index in [0.717, 1.165) is 24.2 Å². The molecule has 0 unspecified atom stereocenters. The van der Waals surface area contributed by atoms with Crippen molar-refractivity contribution in [1.29, 1.82) is 0 Å². The fourth-order valence-corrected chi connectivity index (χ4v) is 3.68. The first-order chi connectivity index (χ1) is 10.1. The zero-order valence-corrected chi connectivity index (χ0v) is 13.1. The molecular weight excluding hydrogens is 264 g/mol. The van der Waals surface area contributed by atoms with Gasteiger partial charge in [-0.25, -0.2) is 0 Å². The molecule has 0 saturated heterocycles. The summed E-state index contributed by atoms with van der Waals surface area (Å²) in [6, 6.07) is 2.63. The Hall–Kier alpha value is -1.29. The van der Waals surface area contributed by atoms with Gasteiger partial charge < -0.3 is 9.67 Å². The molecule has 21 heavy (non-hydrogen) atoms. The van der Waals surface area contributed by atoms with Crippen molar-refractivity contribution in [2.45, 2.75) is 70.5 Å². The van der Waals surface area contributed by atoms with E-state index in [2.05, 4.69) is 16.5 Å². The summed E-state index contributed by atoms with van der Waals surface area (Å²) in [6.45, 7) is 2.65. The van der Waals surface area contributed by atoms with E-state index in [9.17, 15) is 9.90 Å². The zero-order chi connectivity index (χ0) is 15.0. The monoisotopic (exact) mass is 290 g/mol. The van der Waals surface area contributed by atoms with E-state index in [1.165, 1.54) is 32.1 Å². The van der Waals surface area contributed by atoms with Crippen LogP contribution in [0.5, 0.6) is 5.75 Å². The fraction of sp³-hybridized carbons (Fsp3) is 0.706. The van der Waals surface area contributed by atoms with Gasteiger partial charge in [-0.3, -0.25) is 9.69 Å². The van der Waals surface area contributed by atoms with Gasteiger partial charge in [0.2, 0.25) is 5.43 Å². The molecule has 2 saturated carbocycles. The molecule has 1 aromatic heterocycles. The second kappa shape index (κ2) is 5.84. The average Bonchev–Trinajstić information content (AvgIpc) is 3.30. The molecule has 1 heterocycles. The lowest BCUT2D eigenvalue weighted by molar-refractivity contribution is 0.178. The molecule has 0 radical (unpaired) electrons. The highest BCUT2D eigenvalue weighted by Gasteiger charge is 2.29. The standard InChI is InChI=1S/C17H26N2O2/c1-12-10-16(20)17(21)15(19(12)14-8-9-14)11-18(2)13-6-4-3-5-7-13/h10,13-14,21H,3-9,11H2,1-2H3. The van der Waals surface area contributed by atoms with Crippen molar-refractivity contribution < 1.29 is 5.11 Å². The van der Waals surface area contributed by atoms with E-state index in [4.69, 9.17) is 0 Å². The molecule has 0 aliphatic heterocycles. The Morgan fingerprint density at radius 1 is 1.24 bits per heavy atom. The third-order valence-corrected chi connectivity index (χ3v) is 5.03. The molecule has 2 aliphatic rings. The first-order valence-corrected chi connectivity index (χ1v) is 8.22. The van der Waals surface area contributed by atoms with E-state index in [1.807, 2.05) is 6.92 Å². The van der Waals surface area contributed by atoms with Crippen molar-refractivity contribution in [3.63, 3.8) is 0 Å². The van der Waals surface area contributed by atoms with Crippen LogP contribution in [0.1, 0.15) is 62.4 Å². The lowest BCUT2D eigenvalue weighted by Gasteiger charge is -2.32. The van der Waals surface area contributed by atoms with Crippen molar-refractivity contribution in [3.05, 3.63) is 27.7 Å². The number of aryl methyl sites for hydroxylation is 1. The van der Waals surface area contributed by atoms with E-state index in [1.54, 1.807) is 6.07 Å². The third-order valence-electron chi connectivity index (χ3n) is 5.03. The van der Waals surface area contributed by atoms with Crippen LogP contribution in [0.15, 0.2) is 10.9 Å². The van der Waals surface area contributed by atoms with Gasteiger partial charge in [-0.05, 0) is 39.7 Å². The number of aromatic nitrogens is 1. The summed E-state index contributed by atoms with van der Waals surface area (Å²) >= 11 is 0. The molecule has 116 valence electrons. The Balaban J connectivity index is 1.88. The first kappa shape index (κ1) is 14.6. The van der Waals surface area contributed by atoms with Crippen LogP contribution in [0.4, 0.5) is 0 Å². The molecule has 2 aliphatic carbocycles. The lowest BCUT2D eigenvalue weighted by Crippen LogP contribution is -2.34. The SMILES string of the molecule is Cc1cc(=O)c(O)c(CN(C)C2CCCCC2)n1C1CC1. The Morgan fingerprint density at radius 3 is 2.52 bits per heavy atom. The number of hydrogen-bond acceptors (Lipinski definition) is 3. The van der Waals surface area contributed by atoms with E-state index >= 15 is 0 Å². The molecule has 0 spiro atoms. The van der Waals surface area contributed by atoms with Crippen LogP contribution in [0.2, 0.25) is 0 Å². The molecule has 0 aromatic carbocycles. The number of hydrogen-bond donors (Lipinski definition) is 1. The van der Waals surface area contributed by atoms with Gasteiger partial charge in [-0.15, -0.1) is 0 Å². The van der Waals surface area contributed by atoms with Gasteiger partial charge in [-0.1, -0.05) is 19.3 Å². The van der Waals surface area contributed by atoms with Crippen LogP contribution in [0, 0.1) is 6.92 Å². The van der Waals surface area contributed by atoms with Gasteiger partial charge in [-0.2, -0.15) is 0 Å². The highest BCUT2D eigenvalue weighted by Crippen LogP contribution is 2.38. The molecule has 3 rings (SSSR count). The fourth-order valence-electron chi connectivity index (χ4n) is 3.68. The van der Waals surface area contributed by atoms with Gasteiger partial charge in [0.15, 0.2) is 5.75 Å². The van der Waals surface area contributed by atoms with Crippen LogP contribution in [-0.4, -0.2) is 27.7 Å². The van der Waals surface area contributed by atoms with Crippen molar-refractivity contribution in [2.75, 3.05) is 7.05 Å².